The average Bonchev–Trinajstić information content (AvgIpc) is 2.98. The van der Waals surface area contributed by atoms with E-state index in [1.165, 1.54) is 16.8 Å². The molecule has 0 aliphatic heterocycles. The second-order valence-electron chi connectivity index (χ2n) is 4.32. The van der Waals surface area contributed by atoms with Gasteiger partial charge in [-0.1, -0.05) is 17.3 Å². The van der Waals surface area contributed by atoms with Gasteiger partial charge in [-0.15, -0.1) is 0 Å². The Hall–Kier alpha value is -3.00. The third-order valence-electron chi connectivity index (χ3n) is 2.99. The number of nitrogens with one attached hydrogen (secondary N) is 1. The molecule has 3 N–H and O–H groups in total. The quantitative estimate of drug-likeness (QED) is 0.398. The Kier molecular flexibility index (Phi) is 3.20. The van der Waals surface area contributed by atoms with Crippen molar-refractivity contribution < 1.29 is 9.32 Å². The van der Waals surface area contributed by atoms with E-state index in [0.717, 1.165) is 0 Å². The van der Waals surface area contributed by atoms with Crippen molar-refractivity contribution in [1.82, 2.24) is 20.1 Å². The largest absolute Gasteiger partial charge is 0.359 e. The number of aromatic nitrogens is 3. The Balaban J connectivity index is 2.02. The lowest BCUT2D eigenvalue weighted by molar-refractivity contribution is 0.0944. The number of nitrogens with zero attached hydrogens (tertiary/aromatic N) is 3. The highest BCUT2D eigenvalue weighted by molar-refractivity contribution is 5.91. The van der Waals surface area contributed by atoms with Crippen LogP contribution in [-0.2, 0) is 6.54 Å². The van der Waals surface area contributed by atoms with E-state index >= 15 is 0 Å². The maximum atomic E-state index is 12.0. The number of carbonyl (C=O) groups is 1. The molecule has 0 aliphatic carbocycles. The minimum atomic E-state index is -0.558. The van der Waals surface area contributed by atoms with E-state index in [1.807, 2.05) is 17.6 Å². The van der Waals surface area contributed by atoms with Gasteiger partial charge in [0.25, 0.3) is 11.5 Å². The first-order valence-corrected chi connectivity index (χ1v) is 6.10. The number of rotatable bonds is 3. The predicted molar refractivity (Wildman–Crippen MR) is 73.3 cm³/mol. The van der Waals surface area contributed by atoms with Gasteiger partial charge in [-0.2, -0.15) is 0 Å². The molecule has 106 valence electrons. The molecule has 0 spiro atoms. The Morgan fingerprint density at radius 1 is 1.38 bits per heavy atom. The molecule has 0 saturated carbocycles. The van der Waals surface area contributed by atoms with Crippen molar-refractivity contribution in [2.24, 2.45) is 5.84 Å². The number of amides is 1. The zero-order valence-corrected chi connectivity index (χ0v) is 10.8. The summed E-state index contributed by atoms with van der Waals surface area (Å²) in [6.07, 6.45) is 1.24. The number of fused-ring (bicyclic) bond motifs is 1. The fourth-order valence-electron chi connectivity index (χ4n) is 2.00. The summed E-state index contributed by atoms with van der Waals surface area (Å²) in [7, 11) is 0. The van der Waals surface area contributed by atoms with Crippen molar-refractivity contribution in [2.45, 2.75) is 6.54 Å². The Bertz CT molecular complexity index is 867. The van der Waals surface area contributed by atoms with Gasteiger partial charge in [0.15, 0.2) is 11.5 Å². The normalized spacial score (nSPS) is 10.7. The highest BCUT2D eigenvalue weighted by atomic mass is 16.5. The van der Waals surface area contributed by atoms with Crippen LogP contribution in [-0.4, -0.2) is 20.6 Å². The van der Waals surface area contributed by atoms with Gasteiger partial charge in [0.2, 0.25) is 0 Å². The number of para-hydroxylation sites is 2. The molecule has 0 saturated heterocycles. The first-order chi connectivity index (χ1) is 10.2. The number of hydrogen-bond acceptors (Lipinski definition) is 6. The fraction of sp³-hybridized carbons (Fsp3) is 0.0769. The molecule has 0 fully saturated rings. The van der Waals surface area contributed by atoms with Gasteiger partial charge in [0.1, 0.15) is 0 Å². The third-order valence-corrected chi connectivity index (χ3v) is 2.99. The van der Waals surface area contributed by atoms with Crippen molar-refractivity contribution in [1.29, 1.82) is 0 Å². The monoisotopic (exact) mass is 285 g/mol. The van der Waals surface area contributed by atoms with Crippen LogP contribution < -0.4 is 16.8 Å². The summed E-state index contributed by atoms with van der Waals surface area (Å²) in [5, 5.41) is 3.59. The van der Waals surface area contributed by atoms with Crippen LogP contribution in [0.4, 0.5) is 0 Å². The molecule has 0 aliphatic rings. The minimum Gasteiger partial charge on any atom is -0.359 e. The number of benzene rings is 1. The number of hydrazine groups is 1. The molecule has 8 nitrogen and oxygen atoms in total. The average molecular weight is 285 g/mol. The van der Waals surface area contributed by atoms with Gasteiger partial charge in [0.05, 0.1) is 23.8 Å². The SMILES string of the molecule is NNC(=O)c1cc(Cn2c(=O)cnc3ccccc32)on1. The minimum absolute atomic E-state index is 0.0545. The summed E-state index contributed by atoms with van der Waals surface area (Å²) in [4.78, 5) is 27.4. The lowest BCUT2D eigenvalue weighted by Crippen LogP contribution is -2.30. The predicted octanol–water partition coefficient (Wildman–Crippen LogP) is 0.0363. The van der Waals surface area contributed by atoms with E-state index in [2.05, 4.69) is 10.1 Å². The molecule has 3 rings (SSSR count). The third kappa shape index (κ3) is 2.39. The number of nitrogen functional groups attached to an aromatic ring is 1. The van der Waals surface area contributed by atoms with Crippen LogP contribution in [0.25, 0.3) is 11.0 Å². The van der Waals surface area contributed by atoms with Crippen LogP contribution in [0.2, 0.25) is 0 Å². The van der Waals surface area contributed by atoms with E-state index < -0.39 is 5.91 Å². The second-order valence-corrected chi connectivity index (χ2v) is 4.32. The van der Waals surface area contributed by atoms with Crippen LogP contribution in [0.3, 0.4) is 0 Å². The summed E-state index contributed by atoms with van der Waals surface area (Å²) >= 11 is 0. The van der Waals surface area contributed by atoms with Gasteiger partial charge in [-0.3, -0.25) is 19.6 Å². The van der Waals surface area contributed by atoms with Crippen LogP contribution in [0.5, 0.6) is 0 Å². The molecular formula is C13H11N5O3. The molecule has 8 heteroatoms. The van der Waals surface area contributed by atoms with Crippen LogP contribution in [0, 0.1) is 0 Å². The van der Waals surface area contributed by atoms with Crippen LogP contribution in [0.1, 0.15) is 16.2 Å². The van der Waals surface area contributed by atoms with Gasteiger partial charge >= 0.3 is 0 Å². The smallest absolute Gasteiger partial charge is 0.287 e. The molecular weight excluding hydrogens is 274 g/mol. The summed E-state index contributed by atoms with van der Waals surface area (Å²) in [6.45, 7) is 0.146. The molecule has 0 unspecified atom stereocenters. The Morgan fingerprint density at radius 2 is 2.19 bits per heavy atom. The number of hydrogen-bond donors (Lipinski definition) is 2. The fourth-order valence-corrected chi connectivity index (χ4v) is 2.00. The maximum Gasteiger partial charge on any atom is 0.287 e. The van der Waals surface area contributed by atoms with Crippen LogP contribution in [0.15, 0.2) is 45.8 Å². The molecule has 21 heavy (non-hydrogen) atoms. The molecule has 0 atom stereocenters. The molecule has 3 aromatic rings. The van der Waals surface area contributed by atoms with E-state index in [1.54, 1.807) is 12.1 Å². The van der Waals surface area contributed by atoms with Gasteiger partial charge in [-0.05, 0) is 12.1 Å². The first kappa shape index (κ1) is 13.0. The van der Waals surface area contributed by atoms with Crippen molar-refractivity contribution in [3.63, 3.8) is 0 Å². The highest BCUT2D eigenvalue weighted by Crippen LogP contribution is 2.11. The lowest BCUT2D eigenvalue weighted by atomic mass is 10.3. The topological polar surface area (TPSA) is 116 Å². The van der Waals surface area contributed by atoms with Gasteiger partial charge in [0, 0.05) is 6.07 Å². The van der Waals surface area contributed by atoms with E-state index in [9.17, 15) is 9.59 Å². The van der Waals surface area contributed by atoms with Gasteiger partial charge in [-0.25, -0.2) is 10.8 Å². The molecule has 0 bridgehead atoms. The van der Waals surface area contributed by atoms with Crippen LogP contribution >= 0.6 is 0 Å². The Labute approximate surface area is 118 Å². The summed E-state index contributed by atoms with van der Waals surface area (Å²) in [5.41, 5.74) is 3.11. The van der Waals surface area contributed by atoms with Crippen molar-refractivity contribution in [2.75, 3.05) is 0 Å². The number of nitrogens with two attached hydrogens (primary N) is 1. The number of carbonyl (C=O) groups excluding carboxylic acids is 1. The standard InChI is InChI=1S/C13H11N5O3/c14-16-13(20)10-5-8(21-17-10)7-18-11-4-2-1-3-9(11)15-6-12(18)19/h1-6H,7,14H2,(H,16,20). The maximum absolute atomic E-state index is 12.0. The molecule has 1 amide bonds. The summed E-state index contributed by atoms with van der Waals surface area (Å²) in [6, 6.07) is 8.67. The van der Waals surface area contributed by atoms with E-state index in [-0.39, 0.29) is 17.8 Å². The highest BCUT2D eigenvalue weighted by Gasteiger charge is 2.13. The van der Waals surface area contributed by atoms with E-state index in [4.69, 9.17) is 10.4 Å². The molecule has 2 heterocycles. The molecule has 1 aromatic carbocycles. The van der Waals surface area contributed by atoms with E-state index in [0.29, 0.717) is 16.8 Å². The summed E-state index contributed by atoms with van der Waals surface area (Å²) < 4.78 is 6.54. The molecule has 2 aromatic heterocycles. The second kappa shape index (κ2) is 5.17. The van der Waals surface area contributed by atoms with Crippen molar-refractivity contribution >= 4 is 16.9 Å². The Morgan fingerprint density at radius 3 is 3.00 bits per heavy atom. The molecule has 0 radical (unpaired) electrons. The zero-order valence-electron chi connectivity index (χ0n) is 10.8. The first-order valence-electron chi connectivity index (χ1n) is 6.10. The lowest BCUT2D eigenvalue weighted by Gasteiger charge is -2.06. The summed E-state index contributed by atoms with van der Waals surface area (Å²) in [5.74, 6) is 4.83. The van der Waals surface area contributed by atoms with Gasteiger partial charge < -0.3 is 4.52 Å². The zero-order chi connectivity index (χ0) is 14.8. The van der Waals surface area contributed by atoms with Crippen molar-refractivity contribution in [3.8, 4) is 0 Å². The van der Waals surface area contributed by atoms with Crippen molar-refractivity contribution in [3.05, 3.63) is 58.3 Å².